The van der Waals surface area contributed by atoms with Gasteiger partial charge in [-0.3, -0.25) is 14.6 Å². The Labute approximate surface area is 202 Å². The zero-order chi connectivity index (χ0) is 24.1. The maximum absolute atomic E-state index is 13.2. The minimum Gasteiger partial charge on any atom is -0.366 e. The van der Waals surface area contributed by atoms with Gasteiger partial charge < -0.3 is 20.5 Å². The van der Waals surface area contributed by atoms with Crippen molar-refractivity contribution >= 4 is 44.4 Å². The lowest BCUT2D eigenvalue weighted by Gasteiger charge is -2.32. The van der Waals surface area contributed by atoms with E-state index in [9.17, 15) is 9.59 Å². The molecule has 3 N–H and O–H groups in total. The van der Waals surface area contributed by atoms with Crippen molar-refractivity contribution in [3.8, 4) is 11.1 Å². The highest BCUT2D eigenvalue weighted by atomic mass is 16.2. The first kappa shape index (κ1) is 21.3. The highest BCUT2D eigenvalue weighted by molar-refractivity contribution is 6.21. The van der Waals surface area contributed by atoms with E-state index >= 15 is 0 Å². The largest absolute Gasteiger partial charge is 0.366 e. The van der Waals surface area contributed by atoms with E-state index < -0.39 is 5.91 Å². The molecule has 7 heteroatoms. The first-order chi connectivity index (χ1) is 17.0. The van der Waals surface area contributed by atoms with Crippen LogP contribution in [-0.4, -0.2) is 64.8 Å². The van der Waals surface area contributed by atoms with E-state index in [1.54, 1.807) is 12.3 Å². The van der Waals surface area contributed by atoms with Crippen LogP contribution in [0, 0.1) is 0 Å². The fourth-order valence-electron chi connectivity index (χ4n) is 5.12. The SMILES string of the molecule is CN1CCN(C(=O)c2ccc3c(c2)[nH]c2c(C(N)=O)ccc(-c4cccc5ccncc45)c23)CC1. The van der Waals surface area contributed by atoms with Gasteiger partial charge in [-0.2, -0.15) is 0 Å². The van der Waals surface area contributed by atoms with Crippen LogP contribution in [0.2, 0.25) is 0 Å². The zero-order valence-electron chi connectivity index (χ0n) is 19.4. The van der Waals surface area contributed by atoms with E-state index in [-0.39, 0.29) is 5.91 Å². The van der Waals surface area contributed by atoms with Crippen molar-refractivity contribution in [3.05, 3.63) is 78.1 Å². The molecule has 3 heterocycles. The van der Waals surface area contributed by atoms with E-state index in [1.165, 1.54) is 0 Å². The maximum atomic E-state index is 13.2. The molecule has 3 aromatic carbocycles. The number of rotatable bonds is 3. The highest BCUT2D eigenvalue weighted by Crippen LogP contribution is 2.39. The van der Waals surface area contributed by atoms with E-state index in [2.05, 4.69) is 34.0 Å². The summed E-state index contributed by atoms with van der Waals surface area (Å²) in [7, 11) is 2.07. The number of hydrogen-bond donors (Lipinski definition) is 2. The molecule has 0 bridgehead atoms. The van der Waals surface area contributed by atoms with Crippen molar-refractivity contribution in [2.24, 2.45) is 5.73 Å². The van der Waals surface area contributed by atoms with Gasteiger partial charge >= 0.3 is 0 Å². The third-order valence-corrected chi connectivity index (χ3v) is 7.03. The minimum absolute atomic E-state index is 0.0223. The number of piperazine rings is 1. The van der Waals surface area contributed by atoms with Crippen molar-refractivity contribution in [2.75, 3.05) is 33.2 Å². The van der Waals surface area contributed by atoms with Crippen LogP contribution >= 0.6 is 0 Å². The van der Waals surface area contributed by atoms with Crippen LogP contribution in [0.3, 0.4) is 0 Å². The summed E-state index contributed by atoms with van der Waals surface area (Å²) < 4.78 is 0. The van der Waals surface area contributed by atoms with Crippen LogP contribution < -0.4 is 5.73 Å². The summed E-state index contributed by atoms with van der Waals surface area (Å²) in [4.78, 5) is 37.3. The topological polar surface area (TPSA) is 95.3 Å². The van der Waals surface area contributed by atoms with Crippen molar-refractivity contribution in [2.45, 2.75) is 0 Å². The van der Waals surface area contributed by atoms with Gasteiger partial charge in [0.25, 0.3) is 11.8 Å². The number of nitrogens with one attached hydrogen (secondary N) is 1. The van der Waals surface area contributed by atoms with Gasteiger partial charge in [0.05, 0.1) is 11.1 Å². The van der Waals surface area contributed by atoms with Crippen molar-refractivity contribution in [3.63, 3.8) is 0 Å². The molecule has 0 unspecified atom stereocenters. The number of aromatic amines is 1. The van der Waals surface area contributed by atoms with Gasteiger partial charge in [-0.25, -0.2) is 0 Å². The molecule has 174 valence electrons. The molecule has 1 saturated heterocycles. The number of hydrogen-bond acceptors (Lipinski definition) is 4. The third-order valence-electron chi connectivity index (χ3n) is 7.03. The first-order valence-electron chi connectivity index (χ1n) is 11.7. The second-order valence-corrected chi connectivity index (χ2v) is 9.16. The molecule has 0 saturated carbocycles. The van der Waals surface area contributed by atoms with Gasteiger partial charge in [0.1, 0.15) is 0 Å². The number of likely N-dealkylation sites (N-methyl/N-ethyl adjacent to an activating group) is 1. The average molecular weight is 464 g/mol. The second kappa shape index (κ2) is 8.21. The summed E-state index contributed by atoms with van der Waals surface area (Å²) in [5, 5.41) is 3.96. The summed E-state index contributed by atoms with van der Waals surface area (Å²) in [5.41, 5.74) is 10.3. The van der Waals surface area contributed by atoms with Gasteiger partial charge in [-0.15, -0.1) is 0 Å². The number of amides is 2. The lowest BCUT2D eigenvalue weighted by atomic mass is 9.93. The Kier molecular flexibility index (Phi) is 5.00. The number of carbonyl (C=O) groups excluding carboxylic acids is 2. The Morgan fingerprint density at radius 2 is 1.77 bits per heavy atom. The van der Waals surface area contributed by atoms with E-state index in [0.717, 1.165) is 51.3 Å². The normalized spacial score (nSPS) is 14.7. The number of carbonyl (C=O) groups is 2. The Morgan fingerprint density at radius 3 is 2.57 bits per heavy atom. The van der Waals surface area contributed by atoms with Gasteiger partial charge in [0.2, 0.25) is 0 Å². The van der Waals surface area contributed by atoms with Crippen LogP contribution in [0.1, 0.15) is 20.7 Å². The molecule has 0 atom stereocenters. The number of aromatic nitrogens is 2. The predicted octanol–water partition coefficient (Wildman–Crippen LogP) is 4.02. The molecule has 2 aromatic heterocycles. The zero-order valence-corrected chi connectivity index (χ0v) is 19.4. The molecule has 0 radical (unpaired) electrons. The number of benzene rings is 3. The molecule has 5 aromatic rings. The highest BCUT2D eigenvalue weighted by Gasteiger charge is 2.22. The monoisotopic (exact) mass is 463 g/mol. The molecule has 1 aliphatic heterocycles. The number of nitrogens with two attached hydrogens (primary N) is 1. The van der Waals surface area contributed by atoms with Crippen LogP contribution in [0.15, 0.2) is 67.0 Å². The van der Waals surface area contributed by atoms with E-state index in [1.807, 2.05) is 47.5 Å². The predicted molar refractivity (Wildman–Crippen MR) is 138 cm³/mol. The van der Waals surface area contributed by atoms with Crippen molar-refractivity contribution < 1.29 is 9.59 Å². The van der Waals surface area contributed by atoms with Gasteiger partial charge in [0, 0.05) is 65.8 Å². The number of nitrogens with zero attached hydrogens (tertiary/aromatic N) is 3. The minimum atomic E-state index is -0.499. The van der Waals surface area contributed by atoms with Gasteiger partial charge in [-0.05, 0) is 47.8 Å². The third kappa shape index (κ3) is 3.52. The number of primary amides is 1. The molecule has 35 heavy (non-hydrogen) atoms. The smallest absolute Gasteiger partial charge is 0.254 e. The van der Waals surface area contributed by atoms with Gasteiger partial charge in [0.15, 0.2) is 0 Å². The van der Waals surface area contributed by atoms with Crippen LogP contribution in [0.5, 0.6) is 0 Å². The Morgan fingerprint density at radius 1 is 0.943 bits per heavy atom. The lowest BCUT2D eigenvalue weighted by Crippen LogP contribution is -2.47. The first-order valence-corrected chi connectivity index (χ1v) is 11.7. The van der Waals surface area contributed by atoms with E-state index in [0.29, 0.717) is 29.7 Å². The molecule has 0 spiro atoms. The Balaban J connectivity index is 1.55. The number of fused-ring (bicyclic) bond motifs is 4. The summed E-state index contributed by atoms with van der Waals surface area (Å²) >= 11 is 0. The van der Waals surface area contributed by atoms with Crippen LogP contribution in [0.4, 0.5) is 0 Å². The van der Waals surface area contributed by atoms with Crippen LogP contribution in [-0.2, 0) is 0 Å². The Hall–Kier alpha value is -4.23. The summed E-state index contributed by atoms with van der Waals surface area (Å²) in [6, 6.07) is 17.6. The molecule has 0 aliphatic carbocycles. The van der Waals surface area contributed by atoms with Crippen LogP contribution in [0.25, 0.3) is 43.7 Å². The number of pyridine rings is 1. The molecule has 1 aliphatic rings. The number of H-pyrrole nitrogens is 1. The maximum Gasteiger partial charge on any atom is 0.254 e. The molecular weight excluding hydrogens is 438 g/mol. The molecule has 2 amide bonds. The van der Waals surface area contributed by atoms with Crippen molar-refractivity contribution in [1.82, 2.24) is 19.8 Å². The average Bonchev–Trinajstić information content (AvgIpc) is 3.26. The fourth-order valence-corrected chi connectivity index (χ4v) is 5.12. The Bertz CT molecular complexity index is 1620. The molecule has 7 nitrogen and oxygen atoms in total. The standard InChI is InChI=1S/C28H25N5O2/c1-32-11-13-33(14-12-32)28(35)18-5-6-21-24(15-18)31-26-22(27(29)34)8-7-20(25(21)26)19-4-2-3-17-9-10-30-16-23(17)19/h2-10,15-16,31H,11-14H2,1H3,(H2,29,34). The quantitative estimate of drug-likeness (QED) is 0.422. The molecule has 6 rings (SSSR count). The van der Waals surface area contributed by atoms with Crippen molar-refractivity contribution in [1.29, 1.82) is 0 Å². The summed E-state index contributed by atoms with van der Waals surface area (Å²) in [5.74, 6) is -0.476. The lowest BCUT2D eigenvalue weighted by molar-refractivity contribution is 0.0664. The molecule has 1 fully saturated rings. The fraction of sp³-hybridized carbons (Fsp3) is 0.179. The van der Waals surface area contributed by atoms with E-state index in [4.69, 9.17) is 5.73 Å². The summed E-state index contributed by atoms with van der Waals surface area (Å²) in [6.45, 7) is 3.16. The second-order valence-electron chi connectivity index (χ2n) is 9.16. The molecular formula is C28H25N5O2. The summed E-state index contributed by atoms with van der Waals surface area (Å²) in [6.07, 6.45) is 3.64. The van der Waals surface area contributed by atoms with Gasteiger partial charge in [-0.1, -0.05) is 30.3 Å².